The number of H-pyrrole nitrogens is 2. The van der Waals surface area contributed by atoms with Crippen LogP contribution in [0.4, 0.5) is 0 Å². The average molecular weight is 285 g/mol. The Bertz CT molecular complexity index is 1250. The summed E-state index contributed by atoms with van der Waals surface area (Å²) in [7, 11) is 0. The molecule has 5 rings (SSSR count). The van der Waals surface area contributed by atoms with E-state index in [9.17, 15) is 4.79 Å². The number of pyridine rings is 1. The first-order valence-electron chi connectivity index (χ1n) is 7.11. The Morgan fingerprint density at radius 3 is 2.68 bits per heavy atom. The van der Waals surface area contributed by atoms with Crippen LogP contribution in [0.25, 0.3) is 43.5 Å². The number of aromatic nitrogens is 3. The lowest BCUT2D eigenvalue weighted by molar-refractivity contribution is 1.16. The van der Waals surface area contributed by atoms with E-state index in [1.165, 1.54) is 27.9 Å². The van der Waals surface area contributed by atoms with Crippen molar-refractivity contribution in [3.8, 4) is 0 Å². The van der Waals surface area contributed by atoms with Crippen molar-refractivity contribution in [1.82, 2.24) is 15.0 Å². The molecule has 3 aromatic carbocycles. The van der Waals surface area contributed by atoms with Gasteiger partial charge in [0.25, 0.3) is 5.56 Å². The maximum Gasteiger partial charge on any atom is 0.275 e. The van der Waals surface area contributed by atoms with Gasteiger partial charge in [-0.1, -0.05) is 24.3 Å². The molecule has 0 spiro atoms. The van der Waals surface area contributed by atoms with Gasteiger partial charge in [0.15, 0.2) is 0 Å². The van der Waals surface area contributed by atoms with E-state index in [0.717, 1.165) is 10.9 Å². The molecular weight excluding hydrogens is 274 g/mol. The fraction of sp³-hybridized carbons (Fsp3) is 0. The normalized spacial score (nSPS) is 11.8. The van der Waals surface area contributed by atoms with Gasteiger partial charge in [-0.05, 0) is 45.8 Å². The number of benzene rings is 2. The Kier molecular flexibility index (Phi) is 2.07. The van der Waals surface area contributed by atoms with Crippen LogP contribution in [0.1, 0.15) is 0 Å². The Balaban J connectivity index is 2.01. The molecule has 0 bridgehead atoms. The van der Waals surface area contributed by atoms with Crippen molar-refractivity contribution >= 4 is 43.5 Å². The van der Waals surface area contributed by atoms with Crippen LogP contribution in [-0.2, 0) is 0 Å². The van der Waals surface area contributed by atoms with Gasteiger partial charge in [0.2, 0.25) is 0 Å². The zero-order chi connectivity index (χ0) is 14.7. The maximum absolute atomic E-state index is 11.9. The monoisotopic (exact) mass is 285 g/mol. The second kappa shape index (κ2) is 3.95. The summed E-state index contributed by atoms with van der Waals surface area (Å²) >= 11 is 0. The molecule has 0 saturated carbocycles. The summed E-state index contributed by atoms with van der Waals surface area (Å²) in [6.07, 6.45) is 1.43. The molecule has 0 atom stereocenters. The van der Waals surface area contributed by atoms with Crippen molar-refractivity contribution in [3.63, 3.8) is 0 Å². The third-order valence-electron chi connectivity index (χ3n) is 4.22. The molecule has 4 heteroatoms. The fourth-order valence-electron chi connectivity index (χ4n) is 3.18. The summed E-state index contributed by atoms with van der Waals surface area (Å²) in [6.45, 7) is 0. The van der Waals surface area contributed by atoms with Crippen molar-refractivity contribution < 1.29 is 0 Å². The van der Waals surface area contributed by atoms with E-state index in [0.29, 0.717) is 11.0 Å². The Morgan fingerprint density at radius 1 is 0.864 bits per heavy atom. The van der Waals surface area contributed by atoms with Crippen molar-refractivity contribution in [1.29, 1.82) is 0 Å². The lowest BCUT2D eigenvalue weighted by Gasteiger charge is -2.03. The van der Waals surface area contributed by atoms with E-state index >= 15 is 0 Å². The topological polar surface area (TPSA) is 61.5 Å². The summed E-state index contributed by atoms with van der Waals surface area (Å²) in [4.78, 5) is 22.0. The van der Waals surface area contributed by atoms with Gasteiger partial charge in [-0.3, -0.25) is 4.79 Å². The standard InChI is InChI=1S/C18H11N3O/c22-18-17-16(19-9-20-18)7-12-6-11-5-10-3-1-2-4-13(10)14(11)8-15(12)21-17/h1-9,21H,(H,19,20,22). The van der Waals surface area contributed by atoms with E-state index < -0.39 is 0 Å². The number of nitrogens with zero attached hydrogens (tertiary/aromatic N) is 1. The minimum atomic E-state index is -0.153. The third kappa shape index (κ3) is 1.46. The summed E-state index contributed by atoms with van der Waals surface area (Å²) < 4.78 is 0. The number of nitrogens with one attached hydrogen (secondary N) is 2. The van der Waals surface area contributed by atoms with Gasteiger partial charge in [-0.25, -0.2) is 4.98 Å². The molecule has 0 amide bonds. The summed E-state index contributed by atoms with van der Waals surface area (Å²) in [5, 5.41) is 5.90. The third-order valence-corrected chi connectivity index (χ3v) is 4.22. The van der Waals surface area contributed by atoms with E-state index in [1.54, 1.807) is 0 Å². The first-order valence-corrected chi connectivity index (χ1v) is 7.11. The highest BCUT2D eigenvalue weighted by molar-refractivity contribution is 6.15. The smallest absolute Gasteiger partial charge is 0.275 e. The zero-order valence-corrected chi connectivity index (χ0v) is 11.6. The maximum atomic E-state index is 11.9. The number of rotatable bonds is 0. The highest BCUT2D eigenvalue weighted by atomic mass is 16.1. The van der Waals surface area contributed by atoms with Gasteiger partial charge in [-0.15, -0.1) is 0 Å². The predicted octanol–water partition coefficient (Wildman–Crippen LogP) is 3.71. The van der Waals surface area contributed by atoms with Crippen LogP contribution in [0.3, 0.4) is 0 Å². The van der Waals surface area contributed by atoms with Gasteiger partial charge in [0.05, 0.1) is 11.8 Å². The van der Waals surface area contributed by atoms with Crippen molar-refractivity contribution in [2.45, 2.75) is 0 Å². The first-order chi connectivity index (χ1) is 10.8. The Hall–Kier alpha value is -3.14. The van der Waals surface area contributed by atoms with E-state index in [4.69, 9.17) is 0 Å². The molecule has 2 N–H and O–H groups in total. The molecule has 0 saturated heterocycles. The lowest BCUT2D eigenvalue weighted by atomic mass is 10.1. The van der Waals surface area contributed by atoms with E-state index in [2.05, 4.69) is 45.3 Å². The number of hydrogen-bond acceptors (Lipinski definition) is 2. The minimum Gasteiger partial charge on any atom is -0.349 e. The predicted molar refractivity (Wildman–Crippen MR) is 89.2 cm³/mol. The lowest BCUT2D eigenvalue weighted by Crippen LogP contribution is -2.07. The molecule has 0 unspecified atom stereocenters. The van der Waals surface area contributed by atoms with Crippen molar-refractivity contribution in [2.24, 2.45) is 0 Å². The second-order valence-corrected chi connectivity index (χ2v) is 5.52. The van der Waals surface area contributed by atoms with Crippen LogP contribution in [0, 0.1) is 0 Å². The van der Waals surface area contributed by atoms with Crippen LogP contribution in [0.2, 0.25) is 0 Å². The van der Waals surface area contributed by atoms with Gasteiger partial charge in [-0.2, -0.15) is 0 Å². The molecule has 2 heterocycles. The SMILES string of the molecule is O=c1[nH]cnc2cc3cc4cc5ccccc5c4cc3[nH]c12. The molecule has 0 aliphatic rings. The Labute approximate surface area is 124 Å². The molecule has 5 aromatic rings. The fourth-order valence-corrected chi connectivity index (χ4v) is 3.18. The molecule has 2 aromatic heterocycles. The Morgan fingerprint density at radius 2 is 1.73 bits per heavy atom. The highest BCUT2D eigenvalue weighted by Gasteiger charge is 2.07. The van der Waals surface area contributed by atoms with E-state index in [1.807, 2.05) is 18.2 Å². The molecule has 104 valence electrons. The second-order valence-electron chi connectivity index (χ2n) is 5.52. The number of aromatic amines is 2. The highest BCUT2D eigenvalue weighted by Crippen LogP contribution is 2.31. The minimum absolute atomic E-state index is 0.153. The molecule has 22 heavy (non-hydrogen) atoms. The van der Waals surface area contributed by atoms with Gasteiger partial charge in [0.1, 0.15) is 5.52 Å². The first kappa shape index (κ1) is 11.5. The van der Waals surface area contributed by atoms with Crippen LogP contribution in [0.5, 0.6) is 0 Å². The molecule has 0 aliphatic heterocycles. The average Bonchev–Trinajstić information content (AvgIpc) is 2.89. The summed E-state index contributed by atoms with van der Waals surface area (Å²) in [5.41, 5.74) is 1.96. The summed E-state index contributed by atoms with van der Waals surface area (Å²) in [6, 6.07) is 16.7. The molecule has 4 nitrogen and oxygen atoms in total. The zero-order valence-electron chi connectivity index (χ0n) is 11.6. The van der Waals surface area contributed by atoms with Gasteiger partial charge in [0, 0.05) is 10.9 Å². The van der Waals surface area contributed by atoms with Crippen LogP contribution in [0.15, 0.2) is 59.7 Å². The van der Waals surface area contributed by atoms with Crippen LogP contribution < -0.4 is 5.56 Å². The van der Waals surface area contributed by atoms with Crippen molar-refractivity contribution in [3.05, 3.63) is 65.2 Å². The van der Waals surface area contributed by atoms with Crippen LogP contribution >= 0.6 is 0 Å². The van der Waals surface area contributed by atoms with Gasteiger partial charge >= 0.3 is 0 Å². The van der Waals surface area contributed by atoms with Crippen LogP contribution in [-0.4, -0.2) is 15.0 Å². The summed E-state index contributed by atoms with van der Waals surface area (Å²) in [5.74, 6) is 0. The number of hydrogen-bond donors (Lipinski definition) is 2. The molecular formula is C18H11N3O. The molecule has 0 fully saturated rings. The van der Waals surface area contributed by atoms with Crippen molar-refractivity contribution in [2.75, 3.05) is 0 Å². The van der Waals surface area contributed by atoms with Gasteiger partial charge < -0.3 is 9.97 Å². The van der Waals surface area contributed by atoms with E-state index in [-0.39, 0.29) is 5.56 Å². The quantitative estimate of drug-likeness (QED) is 0.426. The number of fused-ring (bicyclic) bond motifs is 5. The largest absolute Gasteiger partial charge is 0.349 e. The molecule has 0 radical (unpaired) electrons. The molecule has 0 aliphatic carbocycles.